The van der Waals surface area contributed by atoms with Crippen molar-refractivity contribution in [2.75, 3.05) is 13.6 Å². The summed E-state index contributed by atoms with van der Waals surface area (Å²) in [5, 5.41) is 2.93. The van der Waals surface area contributed by atoms with Crippen molar-refractivity contribution >= 4 is 12.2 Å². The quantitative estimate of drug-likeness (QED) is 0.895. The Morgan fingerprint density at radius 3 is 2.68 bits per heavy atom. The molecule has 0 saturated heterocycles. The molecule has 6 nitrogen and oxygen atoms in total. The van der Waals surface area contributed by atoms with E-state index in [0.29, 0.717) is 12.3 Å². The zero-order valence-electron chi connectivity index (χ0n) is 15.7. The third-order valence-electron chi connectivity index (χ3n) is 4.11. The number of rotatable bonds is 3. The minimum Gasteiger partial charge on any atom is -0.444 e. The van der Waals surface area contributed by atoms with E-state index in [-0.39, 0.29) is 6.04 Å². The van der Waals surface area contributed by atoms with Crippen LogP contribution in [0.4, 0.5) is 9.59 Å². The van der Waals surface area contributed by atoms with Gasteiger partial charge in [0.05, 0.1) is 6.04 Å². The third kappa shape index (κ3) is 5.37. The fourth-order valence-electron chi connectivity index (χ4n) is 2.75. The van der Waals surface area contributed by atoms with E-state index in [4.69, 9.17) is 9.47 Å². The highest BCUT2D eigenvalue weighted by Gasteiger charge is 2.25. The van der Waals surface area contributed by atoms with Crippen LogP contribution in [0.15, 0.2) is 18.2 Å². The van der Waals surface area contributed by atoms with Crippen LogP contribution >= 0.6 is 0 Å². The maximum absolute atomic E-state index is 12.1. The van der Waals surface area contributed by atoms with Crippen molar-refractivity contribution in [2.45, 2.75) is 58.6 Å². The highest BCUT2D eigenvalue weighted by Crippen LogP contribution is 2.33. The fraction of sp³-hybridized carbons (Fsp3) is 0.579. The van der Waals surface area contributed by atoms with E-state index < -0.39 is 17.8 Å². The van der Waals surface area contributed by atoms with E-state index in [9.17, 15) is 9.59 Å². The van der Waals surface area contributed by atoms with E-state index >= 15 is 0 Å². The van der Waals surface area contributed by atoms with Crippen molar-refractivity contribution in [3.63, 3.8) is 0 Å². The van der Waals surface area contributed by atoms with Gasteiger partial charge in [0, 0.05) is 13.6 Å². The topological polar surface area (TPSA) is 67.9 Å². The molecule has 0 aliphatic heterocycles. The van der Waals surface area contributed by atoms with Crippen molar-refractivity contribution in [3.8, 4) is 5.75 Å². The summed E-state index contributed by atoms with van der Waals surface area (Å²) in [4.78, 5) is 25.5. The van der Waals surface area contributed by atoms with Gasteiger partial charge in [0.2, 0.25) is 0 Å². The molecule has 2 rings (SSSR count). The highest BCUT2D eigenvalue weighted by molar-refractivity contribution is 5.71. The summed E-state index contributed by atoms with van der Waals surface area (Å²) in [5.74, 6) is 0.488. The molecule has 138 valence electrons. The molecule has 0 radical (unpaired) electrons. The lowest BCUT2D eigenvalue weighted by atomic mass is 9.87. The molecule has 0 spiro atoms. The summed E-state index contributed by atoms with van der Waals surface area (Å²) < 4.78 is 10.8. The minimum atomic E-state index is -0.538. The Labute approximate surface area is 149 Å². The van der Waals surface area contributed by atoms with E-state index in [1.165, 1.54) is 4.90 Å². The van der Waals surface area contributed by atoms with E-state index in [1.54, 1.807) is 13.1 Å². The van der Waals surface area contributed by atoms with Crippen LogP contribution in [0.1, 0.15) is 57.7 Å². The molecule has 0 saturated carbocycles. The lowest BCUT2D eigenvalue weighted by Crippen LogP contribution is -2.36. The number of carbonyl (C=O) groups is 2. The lowest BCUT2D eigenvalue weighted by molar-refractivity contribution is 0.0498. The monoisotopic (exact) mass is 348 g/mol. The van der Waals surface area contributed by atoms with Gasteiger partial charge in [-0.25, -0.2) is 9.59 Å². The number of amides is 2. The van der Waals surface area contributed by atoms with Gasteiger partial charge in [0.15, 0.2) is 0 Å². The van der Waals surface area contributed by atoms with Crippen LogP contribution in [-0.2, 0) is 11.2 Å². The van der Waals surface area contributed by atoms with Crippen LogP contribution in [-0.4, -0.2) is 36.3 Å². The van der Waals surface area contributed by atoms with E-state index in [1.807, 2.05) is 39.8 Å². The molecule has 1 unspecified atom stereocenters. The molecule has 0 bridgehead atoms. The minimum absolute atomic E-state index is 0.138. The molecule has 2 amide bonds. The zero-order chi connectivity index (χ0) is 18.6. The smallest absolute Gasteiger partial charge is 0.414 e. The maximum atomic E-state index is 12.1. The molecule has 1 atom stereocenters. The molecule has 1 N–H and O–H groups in total. The van der Waals surface area contributed by atoms with E-state index in [2.05, 4.69) is 5.32 Å². The second-order valence-electron chi connectivity index (χ2n) is 7.33. The van der Waals surface area contributed by atoms with Crippen molar-refractivity contribution in [2.24, 2.45) is 0 Å². The summed E-state index contributed by atoms with van der Waals surface area (Å²) in [5.41, 5.74) is 1.61. The average Bonchev–Trinajstić information content (AvgIpc) is 2.52. The number of ether oxygens (including phenoxy) is 2. The summed E-state index contributed by atoms with van der Waals surface area (Å²) >= 11 is 0. The summed E-state index contributed by atoms with van der Waals surface area (Å²) in [6, 6.07) is 5.47. The normalized spacial score (nSPS) is 16.6. The summed E-state index contributed by atoms with van der Waals surface area (Å²) in [7, 11) is 1.69. The molecule has 1 aliphatic carbocycles. The Hall–Kier alpha value is -2.24. The fourth-order valence-corrected chi connectivity index (χ4v) is 2.75. The molecular formula is C19H28N2O4. The predicted octanol–water partition coefficient (Wildman–Crippen LogP) is 4.04. The highest BCUT2D eigenvalue weighted by atomic mass is 16.6. The van der Waals surface area contributed by atoms with Crippen molar-refractivity contribution in [1.82, 2.24) is 10.2 Å². The SMILES string of the molecule is CCN(C)C(=O)Oc1ccc2c(c1)C(NC(=O)OC(C)(C)C)CCC2. The van der Waals surface area contributed by atoms with Crippen LogP contribution in [0.3, 0.4) is 0 Å². The molecule has 0 aromatic heterocycles. The number of benzene rings is 1. The molecule has 0 fully saturated rings. The molecule has 1 aliphatic rings. The van der Waals surface area contributed by atoms with Crippen LogP contribution in [0.2, 0.25) is 0 Å². The Bertz CT molecular complexity index is 637. The largest absolute Gasteiger partial charge is 0.444 e. The van der Waals surface area contributed by atoms with Gasteiger partial charge in [0.1, 0.15) is 11.4 Å². The van der Waals surface area contributed by atoms with Gasteiger partial charge in [-0.15, -0.1) is 0 Å². The van der Waals surface area contributed by atoms with Gasteiger partial charge in [-0.05, 0) is 70.2 Å². The number of aryl methyl sites for hydroxylation is 1. The number of hydrogen-bond acceptors (Lipinski definition) is 4. The number of hydrogen-bond donors (Lipinski definition) is 1. The van der Waals surface area contributed by atoms with Gasteiger partial charge >= 0.3 is 12.2 Å². The molecule has 0 heterocycles. The first-order valence-electron chi connectivity index (χ1n) is 8.75. The Kier molecular flexibility index (Phi) is 5.93. The molecule has 1 aromatic carbocycles. The van der Waals surface area contributed by atoms with Crippen LogP contribution in [0, 0.1) is 0 Å². The molecular weight excluding hydrogens is 320 g/mol. The van der Waals surface area contributed by atoms with Crippen LogP contribution in [0.5, 0.6) is 5.75 Å². The lowest BCUT2D eigenvalue weighted by Gasteiger charge is -2.28. The van der Waals surface area contributed by atoms with Gasteiger partial charge < -0.3 is 19.7 Å². The Balaban J connectivity index is 2.14. The molecule has 25 heavy (non-hydrogen) atoms. The van der Waals surface area contributed by atoms with Crippen molar-refractivity contribution in [1.29, 1.82) is 0 Å². The number of fused-ring (bicyclic) bond motifs is 1. The number of carbonyl (C=O) groups excluding carboxylic acids is 2. The van der Waals surface area contributed by atoms with Crippen molar-refractivity contribution in [3.05, 3.63) is 29.3 Å². The zero-order valence-corrected chi connectivity index (χ0v) is 15.7. The summed E-state index contributed by atoms with van der Waals surface area (Å²) in [6.07, 6.45) is 1.95. The molecule has 6 heteroatoms. The average molecular weight is 348 g/mol. The number of nitrogens with zero attached hydrogens (tertiary/aromatic N) is 1. The predicted molar refractivity (Wildman–Crippen MR) is 95.8 cm³/mol. The number of nitrogens with one attached hydrogen (secondary N) is 1. The maximum Gasteiger partial charge on any atom is 0.414 e. The Morgan fingerprint density at radius 1 is 1.32 bits per heavy atom. The molecule has 1 aromatic rings. The number of alkyl carbamates (subject to hydrolysis) is 1. The van der Waals surface area contributed by atoms with Gasteiger partial charge in [0.25, 0.3) is 0 Å². The second kappa shape index (κ2) is 7.76. The first-order chi connectivity index (χ1) is 11.7. The van der Waals surface area contributed by atoms with E-state index in [0.717, 1.165) is 30.4 Å². The summed E-state index contributed by atoms with van der Waals surface area (Å²) in [6.45, 7) is 7.97. The Morgan fingerprint density at radius 2 is 2.04 bits per heavy atom. The first-order valence-corrected chi connectivity index (χ1v) is 8.75. The standard InChI is InChI=1S/C19H28N2O4/c1-6-21(5)18(23)24-14-11-10-13-8-7-9-16(15(13)12-14)20-17(22)25-19(2,3)4/h10-12,16H,6-9H2,1-5H3,(H,20,22). The van der Waals surface area contributed by atoms with Crippen LogP contribution in [0.25, 0.3) is 0 Å². The van der Waals surface area contributed by atoms with Crippen molar-refractivity contribution < 1.29 is 19.1 Å². The van der Waals surface area contributed by atoms with Gasteiger partial charge in [-0.2, -0.15) is 0 Å². The second-order valence-corrected chi connectivity index (χ2v) is 7.33. The van der Waals surface area contributed by atoms with Crippen LogP contribution < -0.4 is 10.1 Å². The van der Waals surface area contributed by atoms with Gasteiger partial charge in [-0.3, -0.25) is 0 Å². The first kappa shape index (κ1) is 19.1. The van der Waals surface area contributed by atoms with Gasteiger partial charge in [-0.1, -0.05) is 6.07 Å². The third-order valence-corrected chi connectivity index (χ3v) is 4.11.